The third-order valence-corrected chi connectivity index (χ3v) is 2.76. The van der Waals surface area contributed by atoms with Crippen molar-refractivity contribution in [3.63, 3.8) is 0 Å². The summed E-state index contributed by atoms with van der Waals surface area (Å²) in [6, 6.07) is 4.36. The Kier molecular flexibility index (Phi) is 2.72. The number of carboxylic acid groups (broad SMARTS) is 1. The van der Waals surface area contributed by atoms with Crippen LogP contribution in [-0.4, -0.2) is 29.6 Å². The number of carbonyl (C=O) groups is 2. The zero-order chi connectivity index (χ0) is 12.6. The second-order valence-electron chi connectivity index (χ2n) is 4.01. The van der Waals surface area contributed by atoms with E-state index in [0.717, 1.165) is 0 Å². The molecule has 1 heterocycles. The number of aromatic carboxylic acids is 1. The van der Waals surface area contributed by atoms with E-state index in [1.165, 1.54) is 11.0 Å². The molecule has 90 valence electrons. The molecule has 2 rings (SSSR count). The highest BCUT2D eigenvalue weighted by Crippen LogP contribution is 2.29. The smallest absolute Gasteiger partial charge is 0.337 e. The SMILES string of the molecule is Nc1c(C(=O)O)cccc1N1CC(N)CC1=O. The zero-order valence-corrected chi connectivity index (χ0v) is 9.09. The summed E-state index contributed by atoms with van der Waals surface area (Å²) in [6.07, 6.45) is 0.261. The number of para-hydroxylation sites is 1. The van der Waals surface area contributed by atoms with Gasteiger partial charge >= 0.3 is 5.97 Å². The molecule has 1 amide bonds. The van der Waals surface area contributed by atoms with Crippen molar-refractivity contribution in [2.24, 2.45) is 5.73 Å². The maximum Gasteiger partial charge on any atom is 0.337 e. The fraction of sp³-hybridized carbons (Fsp3) is 0.273. The normalized spacial score (nSPS) is 19.7. The average Bonchev–Trinajstić information content (AvgIpc) is 2.57. The third kappa shape index (κ3) is 1.94. The van der Waals surface area contributed by atoms with Crippen LogP contribution in [0.25, 0.3) is 0 Å². The topological polar surface area (TPSA) is 110 Å². The molecule has 0 spiro atoms. The number of anilines is 2. The fourth-order valence-electron chi connectivity index (χ4n) is 1.94. The molecule has 1 atom stereocenters. The molecule has 0 aliphatic carbocycles. The van der Waals surface area contributed by atoms with Crippen LogP contribution in [0, 0.1) is 0 Å². The predicted molar refractivity (Wildman–Crippen MR) is 62.8 cm³/mol. The van der Waals surface area contributed by atoms with Gasteiger partial charge in [-0.1, -0.05) is 6.07 Å². The third-order valence-electron chi connectivity index (χ3n) is 2.76. The Morgan fingerprint density at radius 2 is 2.18 bits per heavy atom. The van der Waals surface area contributed by atoms with Gasteiger partial charge in [-0.2, -0.15) is 0 Å². The van der Waals surface area contributed by atoms with Gasteiger partial charge in [0.1, 0.15) is 0 Å². The Hall–Kier alpha value is -2.08. The van der Waals surface area contributed by atoms with Gasteiger partial charge in [0.15, 0.2) is 0 Å². The molecular weight excluding hydrogens is 222 g/mol. The minimum absolute atomic E-state index is 0.00392. The van der Waals surface area contributed by atoms with Crippen LogP contribution in [0.5, 0.6) is 0 Å². The number of rotatable bonds is 2. The lowest BCUT2D eigenvalue weighted by molar-refractivity contribution is -0.117. The summed E-state index contributed by atoms with van der Waals surface area (Å²) in [5, 5.41) is 8.94. The minimum Gasteiger partial charge on any atom is -0.478 e. The first-order valence-electron chi connectivity index (χ1n) is 5.18. The Morgan fingerprint density at radius 1 is 1.47 bits per heavy atom. The average molecular weight is 235 g/mol. The van der Waals surface area contributed by atoms with Crippen LogP contribution in [0.2, 0.25) is 0 Å². The molecule has 1 unspecified atom stereocenters. The molecule has 1 saturated heterocycles. The number of nitrogen functional groups attached to an aromatic ring is 1. The number of benzene rings is 1. The summed E-state index contributed by atoms with van der Waals surface area (Å²) in [5.41, 5.74) is 12.0. The minimum atomic E-state index is -1.11. The molecule has 6 nitrogen and oxygen atoms in total. The highest BCUT2D eigenvalue weighted by Gasteiger charge is 2.30. The molecule has 0 saturated carbocycles. The first-order valence-corrected chi connectivity index (χ1v) is 5.18. The summed E-state index contributed by atoms with van der Waals surface area (Å²) in [4.78, 5) is 24.0. The maximum atomic E-state index is 11.7. The number of nitrogens with two attached hydrogens (primary N) is 2. The standard InChI is InChI=1S/C11H13N3O3/c12-6-4-9(15)14(5-6)8-3-1-2-7(10(8)13)11(16)17/h1-3,6H,4-5,12-13H2,(H,16,17). The van der Waals surface area contributed by atoms with Gasteiger partial charge < -0.3 is 21.5 Å². The summed E-state index contributed by atoms with van der Waals surface area (Å²) in [5.74, 6) is -1.24. The summed E-state index contributed by atoms with van der Waals surface area (Å²) in [6.45, 7) is 0.367. The number of amides is 1. The Bertz CT molecular complexity index is 487. The molecule has 1 aromatic rings. The lowest BCUT2D eigenvalue weighted by atomic mass is 10.1. The van der Waals surface area contributed by atoms with Crippen LogP contribution >= 0.6 is 0 Å². The summed E-state index contributed by atoms with van der Waals surface area (Å²) < 4.78 is 0. The van der Waals surface area contributed by atoms with Crippen molar-refractivity contribution in [1.82, 2.24) is 0 Å². The quantitative estimate of drug-likeness (QED) is 0.626. The number of carbonyl (C=O) groups excluding carboxylic acids is 1. The van der Waals surface area contributed by atoms with Crippen molar-refractivity contribution in [1.29, 1.82) is 0 Å². The van der Waals surface area contributed by atoms with E-state index in [1.54, 1.807) is 12.1 Å². The zero-order valence-electron chi connectivity index (χ0n) is 9.09. The second kappa shape index (κ2) is 4.06. The van der Waals surface area contributed by atoms with Gasteiger partial charge in [-0.25, -0.2) is 4.79 Å². The van der Waals surface area contributed by atoms with Gasteiger partial charge in [0.2, 0.25) is 5.91 Å². The summed E-state index contributed by atoms with van der Waals surface area (Å²) in [7, 11) is 0. The lowest BCUT2D eigenvalue weighted by Crippen LogP contribution is -2.29. The van der Waals surface area contributed by atoms with Crippen molar-refractivity contribution in [2.45, 2.75) is 12.5 Å². The van der Waals surface area contributed by atoms with Crippen LogP contribution in [0.1, 0.15) is 16.8 Å². The van der Waals surface area contributed by atoms with Gasteiger partial charge in [-0.3, -0.25) is 4.79 Å². The molecule has 0 aromatic heterocycles. The second-order valence-corrected chi connectivity index (χ2v) is 4.01. The first kappa shape index (κ1) is 11.4. The summed E-state index contributed by atoms with van der Waals surface area (Å²) >= 11 is 0. The van der Waals surface area contributed by atoms with E-state index < -0.39 is 5.97 Å². The van der Waals surface area contributed by atoms with Crippen molar-refractivity contribution >= 4 is 23.3 Å². The van der Waals surface area contributed by atoms with Crippen LogP contribution in [0.15, 0.2) is 18.2 Å². The van der Waals surface area contributed by atoms with E-state index >= 15 is 0 Å². The number of nitrogens with zero attached hydrogens (tertiary/aromatic N) is 1. The van der Waals surface area contributed by atoms with E-state index in [1.807, 2.05) is 0 Å². The van der Waals surface area contributed by atoms with Crippen molar-refractivity contribution in [3.05, 3.63) is 23.8 Å². The van der Waals surface area contributed by atoms with Crippen LogP contribution in [-0.2, 0) is 4.79 Å². The van der Waals surface area contributed by atoms with E-state index in [9.17, 15) is 9.59 Å². The van der Waals surface area contributed by atoms with Gasteiger partial charge in [0.25, 0.3) is 0 Å². The highest BCUT2D eigenvalue weighted by molar-refractivity contribution is 6.03. The van der Waals surface area contributed by atoms with Crippen molar-refractivity contribution < 1.29 is 14.7 Å². The number of hydrogen-bond donors (Lipinski definition) is 3. The Balaban J connectivity index is 2.43. The van der Waals surface area contributed by atoms with E-state index in [0.29, 0.717) is 12.2 Å². The Labute approximate surface area is 97.8 Å². The highest BCUT2D eigenvalue weighted by atomic mass is 16.4. The van der Waals surface area contributed by atoms with Crippen LogP contribution in [0.3, 0.4) is 0 Å². The molecule has 5 N–H and O–H groups in total. The first-order chi connectivity index (χ1) is 8.00. The van der Waals surface area contributed by atoms with Crippen LogP contribution in [0.4, 0.5) is 11.4 Å². The van der Waals surface area contributed by atoms with Crippen molar-refractivity contribution in [3.8, 4) is 0 Å². The lowest BCUT2D eigenvalue weighted by Gasteiger charge is -2.19. The van der Waals surface area contributed by atoms with Crippen LogP contribution < -0.4 is 16.4 Å². The van der Waals surface area contributed by atoms with E-state index in [4.69, 9.17) is 16.6 Å². The van der Waals surface area contributed by atoms with Gasteiger partial charge in [-0.15, -0.1) is 0 Å². The maximum absolute atomic E-state index is 11.7. The van der Waals surface area contributed by atoms with Gasteiger partial charge in [-0.05, 0) is 12.1 Å². The molecule has 0 bridgehead atoms. The van der Waals surface area contributed by atoms with Gasteiger partial charge in [0, 0.05) is 19.0 Å². The Morgan fingerprint density at radius 3 is 2.71 bits per heavy atom. The number of hydrogen-bond acceptors (Lipinski definition) is 4. The van der Waals surface area contributed by atoms with E-state index in [2.05, 4.69) is 0 Å². The van der Waals surface area contributed by atoms with E-state index in [-0.39, 0.29) is 29.6 Å². The molecule has 1 aliphatic rings. The molecule has 6 heteroatoms. The monoisotopic (exact) mass is 235 g/mol. The molecule has 0 radical (unpaired) electrons. The molecule has 1 aromatic carbocycles. The number of carboxylic acids is 1. The van der Waals surface area contributed by atoms with Gasteiger partial charge in [0.05, 0.1) is 16.9 Å². The predicted octanol–water partition coefficient (Wildman–Crippen LogP) is 0.0310. The fourth-order valence-corrected chi connectivity index (χ4v) is 1.94. The molecule has 1 fully saturated rings. The van der Waals surface area contributed by atoms with Crippen molar-refractivity contribution in [2.75, 3.05) is 17.2 Å². The largest absolute Gasteiger partial charge is 0.478 e. The molecular formula is C11H13N3O3. The molecule has 17 heavy (non-hydrogen) atoms. The molecule has 1 aliphatic heterocycles.